The van der Waals surface area contributed by atoms with Crippen LogP contribution >= 0.6 is 0 Å². The molecule has 1 saturated carbocycles. The quantitative estimate of drug-likeness (QED) is 0.725. The van der Waals surface area contributed by atoms with Crippen LogP contribution in [0.2, 0.25) is 0 Å². The highest BCUT2D eigenvalue weighted by Gasteiger charge is 2.21. The summed E-state index contributed by atoms with van der Waals surface area (Å²) in [6.45, 7) is -0.0493. The van der Waals surface area contributed by atoms with Gasteiger partial charge in [-0.1, -0.05) is 18.1 Å². The number of amides is 1. The maximum absolute atomic E-state index is 11.8. The molecule has 19 heavy (non-hydrogen) atoms. The minimum absolute atomic E-state index is 0.0356. The molecule has 0 aliphatic heterocycles. The Balaban J connectivity index is 1.97. The summed E-state index contributed by atoms with van der Waals surface area (Å²) in [6.07, 6.45) is 4.30. The molecule has 0 radical (unpaired) electrons. The summed E-state index contributed by atoms with van der Waals surface area (Å²) >= 11 is 0. The zero-order chi connectivity index (χ0) is 13.8. The van der Waals surface area contributed by atoms with Crippen LogP contribution in [-0.4, -0.2) is 40.0 Å². The summed E-state index contributed by atoms with van der Waals surface area (Å²) < 4.78 is 5.70. The molecule has 0 saturated heterocycles. The van der Waals surface area contributed by atoms with Crippen molar-refractivity contribution in [1.29, 1.82) is 0 Å². The highest BCUT2D eigenvalue weighted by molar-refractivity contribution is 5.92. The number of carbonyl (C=O) groups is 2. The van der Waals surface area contributed by atoms with Gasteiger partial charge in [0.15, 0.2) is 5.82 Å². The molecule has 2 rings (SSSR count). The molecule has 3 N–H and O–H groups in total. The number of nitrogens with two attached hydrogens (primary N) is 1. The monoisotopic (exact) mass is 267 g/mol. The second kappa shape index (κ2) is 5.68. The number of rotatable bonds is 4. The van der Waals surface area contributed by atoms with Gasteiger partial charge in [-0.25, -0.2) is 9.48 Å². The van der Waals surface area contributed by atoms with Crippen molar-refractivity contribution < 1.29 is 14.3 Å². The first-order valence-corrected chi connectivity index (χ1v) is 6.18. The van der Waals surface area contributed by atoms with Crippen molar-refractivity contribution in [3.8, 4) is 0 Å². The van der Waals surface area contributed by atoms with Gasteiger partial charge in [-0.15, -0.1) is 5.10 Å². The summed E-state index contributed by atoms with van der Waals surface area (Å²) in [5.74, 6) is -0.812. The van der Waals surface area contributed by atoms with Crippen molar-refractivity contribution in [2.24, 2.45) is 0 Å². The maximum Gasteiger partial charge on any atom is 0.362 e. The molecular formula is C11H17N5O3. The van der Waals surface area contributed by atoms with Crippen LogP contribution in [0.15, 0.2) is 0 Å². The van der Waals surface area contributed by atoms with Gasteiger partial charge in [0, 0.05) is 6.04 Å². The van der Waals surface area contributed by atoms with E-state index in [4.69, 9.17) is 5.73 Å². The Morgan fingerprint density at radius 1 is 1.47 bits per heavy atom. The van der Waals surface area contributed by atoms with E-state index in [2.05, 4.69) is 20.4 Å². The molecule has 0 atom stereocenters. The molecule has 104 valence electrons. The van der Waals surface area contributed by atoms with E-state index in [1.54, 1.807) is 0 Å². The third-order valence-corrected chi connectivity index (χ3v) is 3.17. The highest BCUT2D eigenvalue weighted by Crippen LogP contribution is 2.17. The lowest BCUT2D eigenvalue weighted by Gasteiger charge is -2.11. The molecule has 8 heteroatoms. The summed E-state index contributed by atoms with van der Waals surface area (Å²) in [5.41, 5.74) is 5.62. The largest absolute Gasteiger partial charge is 0.464 e. The zero-order valence-corrected chi connectivity index (χ0v) is 10.8. The highest BCUT2D eigenvalue weighted by atomic mass is 16.5. The van der Waals surface area contributed by atoms with E-state index in [0.717, 1.165) is 25.7 Å². The van der Waals surface area contributed by atoms with Crippen LogP contribution in [0.25, 0.3) is 0 Å². The van der Waals surface area contributed by atoms with Crippen LogP contribution in [0.1, 0.15) is 36.2 Å². The van der Waals surface area contributed by atoms with Gasteiger partial charge in [0.2, 0.25) is 11.6 Å². The minimum atomic E-state index is -0.667. The summed E-state index contributed by atoms with van der Waals surface area (Å²) in [7, 11) is 1.23. The first kappa shape index (κ1) is 13.3. The molecule has 8 nitrogen and oxygen atoms in total. The Morgan fingerprint density at radius 3 is 2.79 bits per heavy atom. The lowest BCUT2D eigenvalue weighted by molar-refractivity contribution is -0.122. The fourth-order valence-corrected chi connectivity index (χ4v) is 2.16. The molecule has 0 unspecified atom stereocenters. The van der Waals surface area contributed by atoms with E-state index in [1.807, 2.05) is 0 Å². The maximum atomic E-state index is 11.8. The molecule has 1 amide bonds. The van der Waals surface area contributed by atoms with E-state index in [0.29, 0.717) is 0 Å². The second-order valence-electron chi connectivity index (χ2n) is 4.52. The van der Waals surface area contributed by atoms with Crippen molar-refractivity contribution in [2.75, 3.05) is 12.8 Å². The smallest absolute Gasteiger partial charge is 0.362 e. The van der Waals surface area contributed by atoms with Crippen molar-refractivity contribution in [3.05, 3.63) is 5.69 Å². The number of anilines is 1. The molecular weight excluding hydrogens is 250 g/mol. The lowest BCUT2D eigenvalue weighted by atomic mass is 10.2. The van der Waals surface area contributed by atoms with Crippen LogP contribution in [0.4, 0.5) is 5.82 Å². The van der Waals surface area contributed by atoms with Gasteiger partial charge in [-0.2, -0.15) is 0 Å². The van der Waals surface area contributed by atoms with Crippen LogP contribution in [0, 0.1) is 0 Å². The fourth-order valence-electron chi connectivity index (χ4n) is 2.16. The molecule has 1 heterocycles. The average molecular weight is 267 g/mol. The summed E-state index contributed by atoms with van der Waals surface area (Å²) in [4.78, 5) is 23.1. The number of esters is 1. The van der Waals surface area contributed by atoms with E-state index in [1.165, 1.54) is 11.8 Å². The standard InChI is InChI=1S/C11H17N5O3/c1-19-11(18)9-10(12)16(15-14-9)6-8(17)13-7-4-2-3-5-7/h7H,2-6,12H2,1H3,(H,13,17). The van der Waals surface area contributed by atoms with Gasteiger partial charge >= 0.3 is 5.97 Å². The van der Waals surface area contributed by atoms with Crippen molar-refractivity contribution in [3.63, 3.8) is 0 Å². The normalized spacial score (nSPS) is 15.4. The predicted octanol–water partition coefficient (Wildman–Crippen LogP) is -0.294. The Morgan fingerprint density at radius 2 is 2.16 bits per heavy atom. The van der Waals surface area contributed by atoms with Crippen LogP contribution in [-0.2, 0) is 16.1 Å². The van der Waals surface area contributed by atoms with Gasteiger partial charge < -0.3 is 15.8 Å². The van der Waals surface area contributed by atoms with Gasteiger partial charge in [0.25, 0.3) is 0 Å². The number of hydrogen-bond donors (Lipinski definition) is 2. The van der Waals surface area contributed by atoms with Crippen molar-refractivity contribution in [2.45, 2.75) is 38.3 Å². The second-order valence-corrected chi connectivity index (χ2v) is 4.52. The van der Waals surface area contributed by atoms with Gasteiger partial charge in [0.05, 0.1) is 7.11 Å². The molecule has 0 spiro atoms. The Bertz CT molecular complexity index is 479. The first-order chi connectivity index (χ1) is 9.11. The number of aromatic nitrogens is 3. The SMILES string of the molecule is COC(=O)c1nnn(CC(=O)NC2CCCC2)c1N. The summed E-state index contributed by atoms with van der Waals surface area (Å²) in [5, 5.41) is 10.2. The van der Waals surface area contributed by atoms with Crippen LogP contribution in [0.3, 0.4) is 0 Å². The molecule has 1 aromatic rings. The van der Waals surface area contributed by atoms with Crippen LogP contribution in [0.5, 0.6) is 0 Å². The summed E-state index contributed by atoms with van der Waals surface area (Å²) in [6, 6.07) is 0.234. The number of nitrogens with zero attached hydrogens (tertiary/aromatic N) is 3. The molecule has 1 aliphatic carbocycles. The number of nitrogen functional groups attached to an aromatic ring is 1. The molecule has 1 aromatic heterocycles. The van der Waals surface area contributed by atoms with Gasteiger partial charge in [0.1, 0.15) is 6.54 Å². The van der Waals surface area contributed by atoms with Gasteiger partial charge in [-0.05, 0) is 12.8 Å². The predicted molar refractivity (Wildman–Crippen MR) is 66.2 cm³/mol. The third-order valence-electron chi connectivity index (χ3n) is 3.17. The van der Waals surface area contributed by atoms with E-state index < -0.39 is 5.97 Å². The molecule has 0 aromatic carbocycles. The van der Waals surface area contributed by atoms with Gasteiger partial charge in [-0.3, -0.25) is 4.79 Å². The number of nitrogens with one attached hydrogen (secondary N) is 1. The van der Waals surface area contributed by atoms with Crippen molar-refractivity contribution >= 4 is 17.7 Å². The number of methoxy groups -OCH3 is 1. The van der Waals surface area contributed by atoms with E-state index in [-0.39, 0.29) is 30.0 Å². The molecule has 0 bridgehead atoms. The number of carbonyl (C=O) groups excluding carboxylic acids is 2. The number of ether oxygens (including phenoxy) is 1. The van der Waals surface area contributed by atoms with Crippen molar-refractivity contribution in [1.82, 2.24) is 20.3 Å². The topological polar surface area (TPSA) is 112 Å². The molecule has 1 fully saturated rings. The zero-order valence-electron chi connectivity index (χ0n) is 10.8. The average Bonchev–Trinajstić information content (AvgIpc) is 3.00. The fraction of sp³-hybridized carbons (Fsp3) is 0.636. The third kappa shape index (κ3) is 3.01. The Hall–Kier alpha value is -2.12. The first-order valence-electron chi connectivity index (χ1n) is 6.18. The Labute approximate surface area is 110 Å². The van der Waals surface area contributed by atoms with E-state index >= 15 is 0 Å². The lowest BCUT2D eigenvalue weighted by Crippen LogP contribution is -2.35. The van der Waals surface area contributed by atoms with E-state index in [9.17, 15) is 9.59 Å². The number of hydrogen-bond acceptors (Lipinski definition) is 6. The molecule has 1 aliphatic rings. The Kier molecular flexibility index (Phi) is 3.98. The van der Waals surface area contributed by atoms with Crippen LogP contribution < -0.4 is 11.1 Å². The minimum Gasteiger partial charge on any atom is -0.464 e.